The predicted octanol–water partition coefficient (Wildman–Crippen LogP) is 2.59. The van der Waals surface area contributed by atoms with E-state index in [2.05, 4.69) is 31.0 Å². The van der Waals surface area contributed by atoms with Crippen molar-refractivity contribution in [3.8, 4) is 0 Å². The van der Waals surface area contributed by atoms with E-state index in [1.54, 1.807) is 12.3 Å². The zero-order chi connectivity index (χ0) is 33.4. The van der Waals surface area contributed by atoms with Crippen LogP contribution in [-0.4, -0.2) is 81.1 Å². The van der Waals surface area contributed by atoms with Crippen LogP contribution in [-0.2, 0) is 32.1 Å². The summed E-state index contributed by atoms with van der Waals surface area (Å²) in [6.07, 6.45) is 0.983. The number of fused-ring (bicyclic) bond motifs is 3. The molecule has 3 aromatic rings. The summed E-state index contributed by atoms with van der Waals surface area (Å²) < 4.78 is 6.60. The van der Waals surface area contributed by atoms with Crippen molar-refractivity contribution < 1.29 is 23.9 Å². The Balaban J connectivity index is 1.77. The van der Waals surface area contributed by atoms with Gasteiger partial charge in [0.1, 0.15) is 29.7 Å². The van der Waals surface area contributed by atoms with Gasteiger partial charge >= 0.3 is 0 Å². The number of nitrogens with one attached hydrogen (secondary N) is 3. The van der Waals surface area contributed by atoms with E-state index in [0.717, 1.165) is 5.56 Å². The normalized spacial score (nSPS) is 20.0. The van der Waals surface area contributed by atoms with Gasteiger partial charge in [-0.25, -0.2) is 14.6 Å². The molecule has 3 N–H and O–H groups in total. The van der Waals surface area contributed by atoms with Crippen molar-refractivity contribution in [2.45, 2.75) is 72.1 Å². The molecule has 1 aliphatic heterocycles. The van der Waals surface area contributed by atoms with Crippen LogP contribution in [0.15, 0.2) is 35.7 Å². The van der Waals surface area contributed by atoms with E-state index in [0.29, 0.717) is 29.5 Å². The van der Waals surface area contributed by atoms with Crippen LogP contribution >= 0.6 is 11.3 Å². The highest BCUT2D eigenvalue weighted by molar-refractivity contribution is 7.09. The number of benzene rings is 1. The predicted molar refractivity (Wildman–Crippen MR) is 173 cm³/mol. The fourth-order valence-corrected chi connectivity index (χ4v) is 6.17. The number of aryl methyl sites for hydroxylation is 1. The second-order valence-corrected chi connectivity index (χ2v) is 13.2. The van der Waals surface area contributed by atoms with Gasteiger partial charge in [0, 0.05) is 25.1 Å². The summed E-state index contributed by atoms with van der Waals surface area (Å²) in [5, 5.41) is 15.9. The molecule has 1 aliphatic rings. The summed E-state index contributed by atoms with van der Waals surface area (Å²) in [5.41, 5.74) is 1.17. The Labute approximate surface area is 273 Å². The molecule has 14 heteroatoms. The molecule has 0 aliphatic carbocycles. The lowest BCUT2D eigenvalue weighted by atomic mass is 10.0. The molecule has 0 fully saturated rings. The molecule has 3 atom stereocenters. The van der Waals surface area contributed by atoms with E-state index >= 15 is 0 Å². The number of hydrogen-bond acceptors (Lipinski definition) is 9. The topological polar surface area (TPSA) is 160 Å². The first-order chi connectivity index (χ1) is 21.9. The maximum Gasteiger partial charge on any atom is 0.271 e. The molecule has 0 saturated heterocycles. The molecule has 0 radical (unpaired) electrons. The molecule has 1 aromatic carbocycles. The number of thiazole rings is 1. The van der Waals surface area contributed by atoms with Gasteiger partial charge in [0.2, 0.25) is 17.7 Å². The number of hydrogen-bond donors (Lipinski definition) is 3. The zero-order valence-electron chi connectivity index (χ0n) is 27.3. The average molecular weight is 653 g/mol. The van der Waals surface area contributed by atoms with E-state index in [1.807, 2.05) is 58.0 Å². The fourth-order valence-electron chi connectivity index (χ4n) is 5.31. The molecular formula is C32H44N8O5S. The highest BCUT2D eigenvalue weighted by Crippen LogP contribution is 2.26. The molecule has 248 valence electrons. The maximum atomic E-state index is 13.7. The van der Waals surface area contributed by atoms with Crippen LogP contribution in [0.3, 0.4) is 0 Å². The first-order valence-corrected chi connectivity index (χ1v) is 16.4. The maximum absolute atomic E-state index is 13.7. The average Bonchev–Trinajstić information content (AvgIpc) is 3.62. The molecular weight excluding hydrogens is 608 g/mol. The summed E-state index contributed by atoms with van der Waals surface area (Å²) in [6, 6.07) is 8.12. The van der Waals surface area contributed by atoms with Gasteiger partial charge < -0.3 is 25.6 Å². The van der Waals surface area contributed by atoms with Gasteiger partial charge in [-0.1, -0.05) is 58.0 Å². The number of carbonyl (C=O) groups is 4. The van der Waals surface area contributed by atoms with Gasteiger partial charge in [0.15, 0.2) is 5.82 Å². The van der Waals surface area contributed by atoms with Crippen LogP contribution in [0, 0.1) is 18.8 Å². The molecule has 4 amide bonds. The second kappa shape index (κ2) is 15.9. The van der Waals surface area contributed by atoms with Gasteiger partial charge in [0.05, 0.1) is 18.6 Å². The van der Waals surface area contributed by atoms with Crippen molar-refractivity contribution in [3.63, 3.8) is 0 Å². The van der Waals surface area contributed by atoms with Gasteiger partial charge in [-0.05, 0) is 37.2 Å². The number of carbonyl (C=O) groups excluding carboxylic acids is 4. The molecule has 4 rings (SSSR count). The number of rotatable bonds is 7. The lowest BCUT2D eigenvalue weighted by molar-refractivity contribution is -0.140. The highest BCUT2D eigenvalue weighted by Gasteiger charge is 2.30. The van der Waals surface area contributed by atoms with E-state index in [-0.39, 0.29) is 61.5 Å². The first-order valence-electron chi connectivity index (χ1n) is 15.5. The van der Waals surface area contributed by atoms with Crippen molar-refractivity contribution >= 4 is 35.0 Å². The van der Waals surface area contributed by atoms with Crippen molar-refractivity contribution in [1.29, 1.82) is 0 Å². The number of ether oxygens (including phenoxy) is 1. The Kier molecular flexibility index (Phi) is 12.0. The van der Waals surface area contributed by atoms with Gasteiger partial charge in [-0.15, -0.1) is 11.3 Å². The van der Waals surface area contributed by atoms with E-state index < -0.39 is 24.0 Å². The van der Waals surface area contributed by atoms with E-state index in [4.69, 9.17) is 4.74 Å². The molecule has 2 aromatic heterocycles. The molecule has 0 spiro atoms. The van der Waals surface area contributed by atoms with E-state index in [9.17, 15) is 19.2 Å². The van der Waals surface area contributed by atoms with Crippen LogP contribution < -0.4 is 16.0 Å². The summed E-state index contributed by atoms with van der Waals surface area (Å²) >= 11 is 1.29. The highest BCUT2D eigenvalue weighted by atomic mass is 32.1. The van der Waals surface area contributed by atoms with Gasteiger partial charge in [-0.2, -0.15) is 5.10 Å². The number of nitrogens with zero attached hydrogens (tertiary/aromatic N) is 5. The largest absolute Gasteiger partial charge is 0.375 e. The van der Waals surface area contributed by atoms with Crippen LogP contribution in [0.2, 0.25) is 0 Å². The van der Waals surface area contributed by atoms with Crippen molar-refractivity contribution in [3.05, 3.63) is 63.6 Å². The van der Waals surface area contributed by atoms with Crippen LogP contribution in [0.1, 0.15) is 78.9 Å². The third-order valence-corrected chi connectivity index (χ3v) is 8.58. The minimum Gasteiger partial charge on any atom is -0.375 e. The van der Waals surface area contributed by atoms with Gasteiger partial charge in [-0.3, -0.25) is 19.2 Å². The SMILES string of the molecule is COCC(=O)N1CC(=O)N[C@@H](CC(C)C)c2nc(cs2)C(=O)N[C@@H](Cc2ccccc2)c2nc(C)nn2CC(=O)N[C@@H](C(C)C)C1. The Morgan fingerprint density at radius 3 is 2.39 bits per heavy atom. The Morgan fingerprint density at radius 1 is 1.00 bits per heavy atom. The fraction of sp³-hybridized carbons (Fsp3) is 0.531. The summed E-state index contributed by atoms with van der Waals surface area (Å²) in [4.78, 5) is 64.3. The zero-order valence-corrected chi connectivity index (χ0v) is 28.1. The van der Waals surface area contributed by atoms with Crippen molar-refractivity contribution in [2.24, 2.45) is 11.8 Å². The van der Waals surface area contributed by atoms with Crippen molar-refractivity contribution in [1.82, 2.24) is 40.6 Å². The molecule has 2 bridgehead atoms. The standard InChI is InChI=1S/C32H44N8O5S/c1-19(2)12-24-32-37-26(18-46-32)31(44)36-23(13-22-10-8-7-9-11-22)30-33-21(5)38-40(30)16-28(42)35-25(20(3)4)14-39(15-27(41)34-24)29(43)17-45-6/h7-11,18-20,23-25H,12-17H2,1-6H3,(H,34,41)(H,35,42)(H,36,44)/t23-,24-,25+/m0/s1. The Bertz CT molecular complexity index is 1500. The number of methoxy groups -OCH3 is 1. The minimum atomic E-state index is -0.623. The molecule has 0 saturated carbocycles. The van der Waals surface area contributed by atoms with Crippen LogP contribution in [0.4, 0.5) is 0 Å². The summed E-state index contributed by atoms with van der Waals surface area (Å²) in [7, 11) is 1.42. The minimum absolute atomic E-state index is 0.0695. The summed E-state index contributed by atoms with van der Waals surface area (Å²) in [5.74, 6) is -0.483. The smallest absolute Gasteiger partial charge is 0.271 e. The molecule has 0 unspecified atom stereocenters. The van der Waals surface area contributed by atoms with Gasteiger partial charge in [0.25, 0.3) is 5.91 Å². The van der Waals surface area contributed by atoms with Crippen molar-refractivity contribution in [2.75, 3.05) is 26.8 Å². The van der Waals surface area contributed by atoms with Crippen LogP contribution in [0.5, 0.6) is 0 Å². The molecule has 46 heavy (non-hydrogen) atoms. The van der Waals surface area contributed by atoms with Crippen LogP contribution in [0.25, 0.3) is 0 Å². The first kappa shape index (κ1) is 34.7. The Morgan fingerprint density at radius 2 is 1.72 bits per heavy atom. The third kappa shape index (κ3) is 9.42. The molecule has 3 heterocycles. The number of amides is 4. The molecule has 13 nitrogen and oxygen atoms in total. The Hall–Kier alpha value is -4.17. The lowest BCUT2D eigenvalue weighted by Gasteiger charge is -2.30. The summed E-state index contributed by atoms with van der Waals surface area (Å²) in [6.45, 7) is 9.17. The lowest BCUT2D eigenvalue weighted by Crippen LogP contribution is -2.52. The van der Waals surface area contributed by atoms with E-state index in [1.165, 1.54) is 28.0 Å². The third-order valence-electron chi connectivity index (χ3n) is 7.62. The number of aromatic nitrogens is 4. The monoisotopic (exact) mass is 652 g/mol. The second-order valence-electron chi connectivity index (χ2n) is 12.3. The quantitative estimate of drug-likeness (QED) is 0.351.